The number of nitrogens with zero attached hydrogens (tertiary/aromatic N) is 1. The van der Waals surface area contributed by atoms with Crippen LogP contribution in [-0.2, 0) is 9.53 Å². The van der Waals surface area contributed by atoms with E-state index in [1.165, 1.54) is 0 Å². The topological polar surface area (TPSA) is 29.5 Å². The normalized spacial score (nSPS) is 13.1. The standard InChI is InChI=1S/C9H19NO2/c1-5-10(4)7-8(3)9(11)12-6-2/h8H,5-7H2,1-4H3. The van der Waals surface area contributed by atoms with Crippen molar-refractivity contribution in [2.45, 2.75) is 20.8 Å². The third-order valence-electron chi connectivity index (χ3n) is 1.81. The van der Waals surface area contributed by atoms with Crippen molar-refractivity contribution in [2.75, 3.05) is 26.7 Å². The Morgan fingerprint density at radius 1 is 1.50 bits per heavy atom. The number of esters is 1. The summed E-state index contributed by atoms with van der Waals surface area (Å²) in [5.41, 5.74) is 0. The molecule has 3 nitrogen and oxygen atoms in total. The maximum absolute atomic E-state index is 11.1. The molecule has 0 heterocycles. The van der Waals surface area contributed by atoms with Gasteiger partial charge in [0.15, 0.2) is 0 Å². The summed E-state index contributed by atoms with van der Waals surface area (Å²) in [4.78, 5) is 13.2. The van der Waals surface area contributed by atoms with Gasteiger partial charge in [-0.15, -0.1) is 0 Å². The molecule has 0 aromatic carbocycles. The number of carbonyl (C=O) groups excluding carboxylic acids is 1. The Balaban J connectivity index is 3.70. The van der Waals surface area contributed by atoms with Crippen LogP contribution in [0.1, 0.15) is 20.8 Å². The van der Waals surface area contributed by atoms with Crippen molar-refractivity contribution in [3.63, 3.8) is 0 Å². The average Bonchev–Trinajstić information content (AvgIpc) is 2.04. The lowest BCUT2D eigenvalue weighted by molar-refractivity contribution is -0.147. The summed E-state index contributed by atoms with van der Waals surface area (Å²) >= 11 is 0. The van der Waals surface area contributed by atoms with Gasteiger partial charge in [-0.1, -0.05) is 13.8 Å². The van der Waals surface area contributed by atoms with Gasteiger partial charge < -0.3 is 9.64 Å². The summed E-state index contributed by atoms with van der Waals surface area (Å²) in [7, 11) is 2.00. The van der Waals surface area contributed by atoms with E-state index in [9.17, 15) is 4.79 Å². The highest BCUT2D eigenvalue weighted by Crippen LogP contribution is 2.00. The largest absolute Gasteiger partial charge is 0.466 e. The van der Waals surface area contributed by atoms with Gasteiger partial charge in [-0.2, -0.15) is 0 Å². The van der Waals surface area contributed by atoms with Crippen LogP contribution < -0.4 is 0 Å². The molecule has 0 fully saturated rings. The van der Waals surface area contributed by atoms with Gasteiger partial charge >= 0.3 is 5.97 Å². The molecule has 3 heteroatoms. The molecule has 0 N–H and O–H groups in total. The zero-order chi connectivity index (χ0) is 9.56. The quantitative estimate of drug-likeness (QED) is 0.584. The number of rotatable bonds is 5. The summed E-state index contributed by atoms with van der Waals surface area (Å²) in [5.74, 6) is -0.118. The maximum atomic E-state index is 11.1. The zero-order valence-electron chi connectivity index (χ0n) is 8.46. The van der Waals surface area contributed by atoms with E-state index in [4.69, 9.17) is 4.74 Å². The van der Waals surface area contributed by atoms with Crippen LogP contribution in [0.5, 0.6) is 0 Å². The van der Waals surface area contributed by atoms with E-state index in [2.05, 4.69) is 11.8 Å². The van der Waals surface area contributed by atoms with Crippen LogP contribution >= 0.6 is 0 Å². The number of hydrogen-bond acceptors (Lipinski definition) is 3. The minimum atomic E-state index is -0.0993. The van der Waals surface area contributed by atoms with E-state index in [1.54, 1.807) is 0 Å². The molecule has 0 saturated carbocycles. The minimum Gasteiger partial charge on any atom is -0.466 e. The summed E-state index contributed by atoms with van der Waals surface area (Å²) in [6.45, 7) is 7.99. The lowest BCUT2D eigenvalue weighted by Crippen LogP contribution is -2.29. The molecule has 0 spiro atoms. The Bertz CT molecular complexity index is 136. The first-order valence-electron chi connectivity index (χ1n) is 4.47. The Morgan fingerprint density at radius 3 is 2.50 bits per heavy atom. The first kappa shape index (κ1) is 11.4. The van der Waals surface area contributed by atoms with Gasteiger partial charge in [-0.25, -0.2) is 0 Å². The first-order valence-corrected chi connectivity index (χ1v) is 4.47. The smallest absolute Gasteiger partial charge is 0.309 e. The van der Waals surface area contributed by atoms with Crippen LogP contribution in [0.3, 0.4) is 0 Å². The highest BCUT2D eigenvalue weighted by atomic mass is 16.5. The monoisotopic (exact) mass is 173 g/mol. The van der Waals surface area contributed by atoms with E-state index < -0.39 is 0 Å². The lowest BCUT2D eigenvalue weighted by Gasteiger charge is -2.17. The van der Waals surface area contributed by atoms with Crippen molar-refractivity contribution < 1.29 is 9.53 Å². The molecule has 0 aliphatic carbocycles. The van der Waals surface area contributed by atoms with Crippen molar-refractivity contribution in [3.05, 3.63) is 0 Å². The molecule has 1 atom stereocenters. The molecule has 0 aliphatic rings. The molecule has 0 rings (SSSR count). The lowest BCUT2D eigenvalue weighted by atomic mass is 10.2. The molecule has 0 saturated heterocycles. The van der Waals surface area contributed by atoms with Crippen LogP contribution in [0, 0.1) is 5.92 Å². The van der Waals surface area contributed by atoms with E-state index >= 15 is 0 Å². The fraction of sp³-hybridized carbons (Fsp3) is 0.889. The minimum absolute atomic E-state index is 0.0186. The van der Waals surface area contributed by atoms with E-state index in [-0.39, 0.29) is 11.9 Å². The molecule has 0 aromatic rings. The summed E-state index contributed by atoms with van der Waals surface area (Å²) < 4.78 is 4.88. The van der Waals surface area contributed by atoms with Gasteiger partial charge in [0.05, 0.1) is 12.5 Å². The van der Waals surface area contributed by atoms with Crippen molar-refractivity contribution in [2.24, 2.45) is 5.92 Å². The fourth-order valence-electron chi connectivity index (χ4n) is 0.956. The van der Waals surface area contributed by atoms with Gasteiger partial charge in [0.1, 0.15) is 0 Å². The molecule has 0 aromatic heterocycles. The van der Waals surface area contributed by atoms with Crippen LogP contribution in [0.15, 0.2) is 0 Å². The molecular formula is C9H19NO2. The van der Waals surface area contributed by atoms with Crippen molar-refractivity contribution in [1.29, 1.82) is 0 Å². The SMILES string of the molecule is CCOC(=O)C(C)CN(C)CC. The average molecular weight is 173 g/mol. The Morgan fingerprint density at radius 2 is 2.08 bits per heavy atom. The van der Waals surface area contributed by atoms with Gasteiger partial charge in [-0.3, -0.25) is 4.79 Å². The summed E-state index contributed by atoms with van der Waals surface area (Å²) in [5, 5.41) is 0. The van der Waals surface area contributed by atoms with Gasteiger partial charge in [0.2, 0.25) is 0 Å². The molecular weight excluding hydrogens is 154 g/mol. The van der Waals surface area contributed by atoms with Crippen LogP contribution in [0.4, 0.5) is 0 Å². The van der Waals surface area contributed by atoms with Crippen molar-refractivity contribution >= 4 is 5.97 Å². The van der Waals surface area contributed by atoms with Crippen LogP contribution in [-0.4, -0.2) is 37.6 Å². The predicted octanol–water partition coefficient (Wildman–Crippen LogP) is 1.14. The molecule has 0 aliphatic heterocycles. The number of hydrogen-bond donors (Lipinski definition) is 0. The predicted molar refractivity (Wildman–Crippen MR) is 49.0 cm³/mol. The van der Waals surface area contributed by atoms with Gasteiger partial charge in [0.25, 0.3) is 0 Å². The molecule has 0 bridgehead atoms. The second kappa shape index (κ2) is 6.00. The van der Waals surface area contributed by atoms with E-state index in [0.29, 0.717) is 6.61 Å². The molecule has 72 valence electrons. The molecule has 0 radical (unpaired) electrons. The summed E-state index contributed by atoms with van der Waals surface area (Å²) in [6, 6.07) is 0. The number of carbonyl (C=O) groups is 1. The third kappa shape index (κ3) is 4.34. The van der Waals surface area contributed by atoms with Crippen LogP contribution in [0.2, 0.25) is 0 Å². The van der Waals surface area contributed by atoms with Crippen molar-refractivity contribution in [1.82, 2.24) is 4.90 Å². The van der Waals surface area contributed by atoms with Crippen molar-refractivity contribution in [3.8, 4) is 0 Å². The second-order valence-corrected chi connectivity index (χ2v) is 3.01. The first-order chi connectivity index (χ1) is 5.61. The maximum Gasteiger partial charge on any atom is 0.309 e. The van der Waals surface area contributed by atoms with E-state index in [0.717, 1.165) is 13.1 Å². The Labute approximate surface area is 74.7 Å². The third-order valence-corrected chi connectivity index (χ3v) is 1.81. The Hall–Kier alpha value is -0.570. The second-order valence-electron chi connectivity index (χ2n) is 3.01. The van der Waals surface area contributed by atoms with E-state index in [1.807, 2.05) is 20.9 Å². The van der Waals surface area contributed by atoms with Crippen LogP contribution in [0.25, 0.3) is 0 Å². The fourth-order valence-corrected chi connectivity index (χ4v) is 0.956. The zero-order valence-corrected chi connectivity index (χ0v) is 8.46. The highest BCUT2D eigenvalue weighted by Gasteiger charge is 2.14. The molecule has 12 heavy (non-hydrogen) atoms. The highest BCUT2D eigenvalue weighted by molar-refractivity contribution is 5.72. The molecule has 0 amide bonds. The molecule has 1 unspecified atom stereocenters. The van der Waals surface area contributed by atoms with Gasteiger partial charge in [0, 0.05) is 6.54 Å². The number of ether oxygens (including phenoxy) is 1. The Kier molecular flexibility index (Phi) is 5.72. The summed E-state index contributed by atoms with van der Waals surface area (Å²) in [6.07, 6.45) is 0. The van der Waals surface area contributed by atoms with Gasteiger partial charge in [-0.05, 0) is 20.5 Å².